The third-order valence-corrected chi connectivity index (χ3v) is 11.7. The minimum Gasteiger partial charge on any atom is -0.355 e. The molecule has 0 amide bonds. The third-order valence-electron chi connectivity index (χ3n) is 11.7. The average molecular weight is 512 g/mol. The van der Waals surface area contributed by atoms with Crippen LogP contribution in [0.3, 0.4) is 0 Å². The number of rotatable bonds is 2. The van der Waals surface area contributed by atoms with Crippen LogP contribution in [-0.2, 0) is 5.41 Å². The van der Waals surface area contributed by atoms with Gasteiger partial charge < -0.3 is 5.32 Å². The molecule has 0 saturated heterocycles. The van der Waals surface area contributed by atoms with Gasteiger partial charge in [-0.05, 0) is 120 Å². The molecular formula is C38H41N. The highest BCUT2D eigenvalue weighted by molar-refractivity contribution is 5.75. The van der Waals surface area contributed by atoms with Crippen LogP contribution in [0.2, 0.25) is 0 Å². The quantitative estimate of drug-likeness (QED) is 0.361. The average Bonchev–Trinajstić information content (AvgIpc) is 2.97. The van der Waals surface area contributed by atoms with Crippen molar-refractivity contribution >= 4 is 5.69 Å². The maximum absolute atomic E-state index is 3.97. The summed E-state index contributed by atoms with van der Waals surface area (Å²) in [7, 11) is 0. The molecule has 5 saturated carbocycles. The molecular weight excluding hydrogens is 470 g/mol. The first-order chi connectivity index (χ1) is 19.1. The number of allylic oxidation sites excluding steroid dienone is 3. The first kappa shape index (κ1) is 23.8. The molecule has 1 nitrogen and oxygen atoms in total. The molecule has 1 aliphatic heterocycles. The van der Waals surface area contributed by atoms with Crippen molar-refractivity contribution in [3.05, 3.63) is 113 Å². The van der Waals surface area contributed by atoms with Gasteiger partial charge in [-0.2, -0.15) is 0 Å². The van der Waals surface area contributed by atoms with E-state index in [-0.39, 0.29) is 5.41 Å². The van der Waals surface area contributed by atoms with Gasteiger partial charge in [0.05, 0.1) is 0 Å². The van der Waals surface area contributed by atoms with E-state index in [4.69, 9.17) is 0 Å². The number of hydrogen-bond donors (Lipinski definition) is 1. The number of fused-ring (bicyclic) bond motifs is 3. The Morgan fingerprint density at radius 2 is 1.49 bits per heavy atom. The highest BCUT2D eigenvalue weighted by atomic mass is 14.9. The van der Waals surface area contributed by atoms with Gasteiger partial charge in [-0.15, -0.1) is 0 Å². The van der Waals surface area contributed by atoms with Crippen LogP contribution in [0.4, 0.5) is 5.69 Å². The van der Waals surface area contributed by atoms with E-state index in [0.29, 0.717) is 5.92 Å². The number of anilines is 1. The van der Waals surface area contributed by atoms with Crippen LogP contribution in [0.25, 0.3) is 11.1 Å². The summed E-state index contributed by atoms with van der Waals surface area (Å²) in [5.41, 5.74) is 10.4. The summed E-state index contributed by atoms with van der Waals surface area (Å²) in [5, 5.41) is 3.97. The Morgan fingerprint density at radius 1 is 0.744 bits per heavy atom. The first-order valence-electron chi connectivity index (χ1n) is 15.5. The molecule has 4 bridgehead atoms. The van der Waals surface area contributed by atoms with Gasteiger partial charge in [0.2, 0.25) is 0 Å². The minimum atomic E-state index is 0.126. The zero-order valence-corrected chi connectivity index (χ0v) is 23.4. The van der Waals surface area contributed by atoms with Crippen LogP contribution in [0.5, 0.6) is 0 Å². The largest absolute Gasteiger partial charge is 0.355 e. The lowest BCUT2D eigenvalue weighted by Crippen LogP contribution is -2.54. The van der Waals surface area contributed by atoms with Crippen molar-refractivity contribution in [1.82, 2.24) is 0 Å². The van der Waals surface area contributed by atoms with Crippen molar-refractivity contribution in [2.75, 3.05) is 5.32 Å². The lowest BCUT2D eigenvalue weighted by molar-refractivity contribution is -0.0446. The summed E-state index contributed by atoms with van der Waals surface area (Å²) in [6.07, 6.45) is 13.0. The van der Waals surface area contributed by atoms with E-state index >= 15 is 0 Å². The summed E-state index contributed by atoms with van der Waals surface area (Å²) in [6, 6.07) is 29.6. The van der Waals surface area contributed by atoms with Crippen LogP contribution in [0.15, 0.2) is 102 Å². The molecule has 6 aliphatic carbocycles. The Labute approximate surface area is 234 Å². The molecule has 5 fully saturated rings. The van der Waals surface area contributed by atoms with Gasteiger partial charge in [0.25, 0.3) is 0 Å². The molecule has 7 aliphatic rings. The van der Waals surface area contributed by atoms with Crippen molar-refractivity contribution in [3.8, 4) is 11.1 Å². The zero-order chi connectivity index (χ0) is 26.1. The summed E-state index contributed by atoms with van der Waals surface area (Å²) < 4.78 is 0. The number of nitrogens with one attached hydrogen (secondary N) is 1. The second-order valence-corrected chi connectivity index (χ2v) is 13.7. The Balaban J connectivity index is 1.33. The maximum Gasteiger partial charge on any atom is 0.0426 e. The molecule has 198 valence electrons. The Bertz CT molecular complexity index is 1450. The molecule has 0 radical (unpaired) electrons. The van der Waals surface area contributed by atoms with E-state index < -0.39 is 0 Å². The van der Waals surface area contributed by atoms with Gasteiger partial charge in [-0.25, -0.2) is 0 Å². The topological polar surface area (TPSA) is 12.0 Å². The molecule has 39 heavy (non-hydrogen) atoms. The number of hydrogen-bond acceptors (Lipinski definition) is 1. The lowest BCUT2D eigenvalue weighted by atomic mass is 9.44. The highest BCUT2D eigenvalue weighted by Gasteiger charge is 2.57. The van der Waals surface area contributed by atoms with Gasteiger partial charge in [0, 0.05) is 22.7 Å². The van der Waals surface area contributed by atoms with Gasteiger partial charge in [-0.1, -0.05) is 86.7 Å². The third kappa shape index (κ3) is 3.65. The Kier molecular flexibility index (Phi) is 5.48. The van der Waals surface area contributed by atoms with E-state index in [1.54, 1.807) is 11.1 Å². The predicted molar refractivity (Wildman–Crippen MR) is 163 cm³/mol. The van der Waals surface area contributed by atoms with Crippen molar-refractivity contribution in [3.63, 3.8) is 0 Å². The molecule has 10 rings (SSSR count). The van der Waals surface area contributed by atoms with Crippen molar-refractivity contribution < 1.29 is 0 Å². The van der Waals surface area contributed by atoms with Crippen molar-refractivity contribution in [2.45, 2.75) is 63.7 Å². The molecule has 1 heterocycles. The van der Waals surface area contributed by atoms with E-state index in [0.717, 1.165) is 41.9 Å². The van der Waals surface area contributed by atoms with Crippen LogP contribution in [0, 0.1) is 35.5 Å². The van der Waals surface area contributed by atoms with Crippen molar-refractivity contribution in [1.29, 1.82) is 0 Å². The first-order valence-corrected chi connectivity index (χ1v) is 15.5. The summed E-state index contributed by atoms with van der Waals surface area (Å²) in [4.78, 5) is 0. The van der Waals surface area contributed by atoms with Crippen LogP contribution in [-0.4, -0.2) is 0 Å². The number of benzene rings is 3. The Morgan fingerprint density at radius 3 is 2.31 bits per heavy atom. The van der Waals surface area contributed by atoms with Crippen LogP contribution < -0.4 is 5.32 Å². The standard InChI is InChI=1S/C38H41N/c1-24-17-26-19-32-25(2)18-31(22-33(24)32)38(23-26)34-20-29(27-9-5-3-6-10-27)13-15-36(34)39-37-16-14-30(21-35(37)38)28-11-7-4-8-12-28/h3-16,20,24-26,30-33,39H,17-19,21-23H2,1-2H3. The molecule has 0 aromatic heterocycles. The zero-order valence-electron chi connectivity index (χ0n) is 23.4. The van der Waals surface area contributed by atoms with E-state index in [1.165, 1.54) is 60.2 Å². The molecule has 1 N–H and O–H groups in total. The summed E-state index contributed by atoms with van der Waals surface area (Å²) in [5.74, 6) is 5.56. The molecule has 3 aromatic rings. The predicted octanol–water partition coefficient (Wildman–Crippen LogP) is 9.74. The molecule has 3 aromatic carbocycles. The monoisotopic (exact) mass is 511 g/mol. The fraction of sp³-hybridized carbons (Fsp3) is 0.421. The minimum absolute atomic E-state index is 0.126. The second-order valence-electron chi connectivity index (χ2n) is 13.7. The van der Waals surface area contributed by atoms with Crippen LogP contribution in [0.1, 0.15) is 69.4 Å². The van der Waals surface area contributed by atoms with Gasteiger partial charge in [0.15, 0.2) is 0 Å². The Hall–Kier alpha value is -3.06. The van der Waals surface area contributed by atoms with E-state index in [1.807, 2.05) is 0 Å². The van der Waals surface area contributed by atoms with E-state index in [2.05, 4.69) is 110 Å². The molecule has 1 spiro atoms. The fourth-order valence-electron chi connectivity index (χ4n) is 10.1. The van der Waals surface area contributed by atoms with Gasteiger partial charge >= 0.3 is 0 Å². The van der Waals surface area contributed by atoms with Crippen molar-refractivity contribution in [2.24, 2.45) is 35.5 Å². The van der Waals surface area contributed by atoms with Gasteiger partial charge in [-0.3, -0.25) is 0 Å². The SMILES string of the molecule is CC1CC2CC3C(C)CC(CC13)CC21C2=C(C=CC(c3ccccc3)C2)Nc2ccc(-c3ccccc3)cc21. The maximum atomic E-state index is 3.97. The molecule has 1 heteroatoms. The second kappa shape index (κ2) is 8.98. The fourth-order valence-corrected chi connectivity index (χ4v) is 10.1. The molecule has 8 unspecified atom stereocenters. The normalized spacial score (nSPS) is 36.2. The van der Waals surface area contributed by atoms with Crippen LogP contribution >= 0.6 is 0 Å². The lowest BCUT2D eigenvalue weighted by Gasteiger charge is -2.61. The van der Waals surface area contributed by atoms with E-state index in [9.17, 15) is 0 Å². The smallest absolute Gasteiger partial charge is 0.0426 e. The molecule has 8 atom stereocenters. The summed E-state index contributed by atoms with van der Waals surface area (Å²) in [6.45, 7) is 5.18. The van der Waals surface area contributed by atoms with Gasteiger partial charge in [0.1, 0.15) is 0 Å². The summed E-state index contributed by atoms with van der Waals surface area (Å²) >= 11 is 0. The highest BCUT2D eigenvalue weighted by Crippen LogP contribution is 2.65.